The second-order valence-corrected chi connectivity index (χ2v) is 6.25. The fraction of sp³-hybridized carbons (Fsp3) is 0.300. The summed E-state index contributed by atoms with van der Waals surface area (Å²) in [6.45, 7) is -2.30. The van der Waals surface area contributed by atoms with E-state index in [1.54, 1.807) is 32.3 Å². The van der Waals surface area contributed by atoms with Gasteiger partial charge in [0.1, 0.15) is 5.75 Å². The van der Waals surface area contributed by atoms with E-state index in [4.69, 9.17) is 9.47 Å². The van der Waals surface area contributed by atoms with Crippen LogP contribution in [0.1, 0.15) is 21.5 Å². The van der Waals surface area contributed by atoms with Gasteiger partial charge in [-0.25, -0.2) is 0 Å². The second kappa shape index (κ2) is 11.5. The first-order valence-electron chi connectivity index (χ1n) is 9.13. The van der Waals surface area contributed by atoms with Crippen LogP contribution in [0.2, 0.25) is 0 Å². The predicted octanol–water partition coefficient (Wildman–Crippen LogP) is 2.86. The topological polar surface area (TPSA) is 93.2 Å². The standard InChI is InChI=1S/C20H22F2N4O4.HI/c1-23-18(27)13-5-3-12(4-6-13)9-25-20(24-2)26-10-14-7-16-17(29-11-28-16)8-15(14)30-19(21)22;/h3-8,19H,9-11H2,1-2H3,(H,23,27)(H2,24,25,26);1H. The maximum atomic E-state index is 12.8. The van der Waals surface area contributed by atoms with Crippen LogP contribution in [-0.4, -0.2) is 39.4 Å². The molecule has 3 rings (SSSR count). The van der Waals surface area contributed by atoms with Gasteiger partial charge >= 0.3 is 6.61 Å². The first-order chi connectivity index (χ1) is 14.5. The molecule has 168 valence electrons. The third-order valence-corrected chi connectivity index (χ3v) is 4.34. The van der Waals surface area contributed by atoms with Crippen molar-refractivity contribution < 1.29 is 27.8 Å². The first kappa shape index (κ1) is 24.4. The number of carbonyl (C=O) groups excluding carboxylic acids is 1. The van der Waals surface area contributed by atoms with Gasteiger partial charge in [0.25, 0.3) is 5.91 Å². The molecule has 1 heterocycles. The monoisotopic (exact) mass is 548 g/mol. The van der Waals surface area contributed by atoms with Gasteiger partial charge in [0.15, 0.2) is 17.5 Å². The minimum Gasteiger partial charge on any atom is -0.454 e. The Labute approximate surface area is 195 Å². The number of rotatable bonds is 7. The fourth-order valence-electron chi connectivity index (χ4n) is 2.81. The average molecular weight is 548 g/mol. The lowest BCUT2D eigenvalue weighted by molar-refractivity contribution is -0.0505. The number of benzene rings is 2. The lowest BCUT2D eigenvalue weighted by atomic mass is 10.1. The van der Waals surface area contributed by atoms with Gasteiger partial charge in [-0.15, -0.1) is 24.0 Å². The van der Waals surface area contributed by atoms with E-state index in [2.05, 4.69) is 25.7 Å². The van der Waals surface area contributed by atoms with Crippen LogP contribution in [0.4, 0.5) is 8.78 Å². The Hall–Kier alpha value is -2.83. The molecular formula is C20H23F2IN4O4. The van der Waals surface area contributed by atoms with Crippen molar-refractivity contribution in [2.45, 2.75) is 19.7 Å². The molecule has 0 atom stereocenters. The van der Waals surface area contributed by atoms with Crippen molar-refractivity contribution >= 4 is 35.8 Å². The van der Waals surface area contributed by atoms with Crippen LogP contribution in [0, 0.1) is 0 Å². The van der Waals surface area contributed by atoms with Crippen molar-refractivity contribution in [1.29, 1.82) is 0 Å². The van der Waals surface area contributed by atoms with Crippen LogP contribution < -0.4 is 30.2 Å². The number of alkyl halides is 2. The van der Waals surface area contributed by atoms with E-state index in [1.807, 2.05) is 12.1 Å². The zero-order valence-electron chi connectivity index (χ0n) is 16.9. The van der Waals surface area contributed by atoms with Crippen molar-refractivity contribution in [3.63, 3.8) is 0 Å². The number of nitrogens with one attached hydrogen (secondary N) is 3. The van der Waals surface area contributed by atoms with Crippen molar-refractivity contribution in [3.05, 3.63) is 53.1 Å². The van der Waals surface area contributed by atoms with Gasteiger partial charge in [-0.05, 0) is 23.8 Å². The van der Waals surface area contributed by atoms with E-state index in [-0.39, 0.29) is 49.0 Å². The van der Waals surface area contributed by atoms with E-state index < -0.39 is 6.61 Å². The summed E-state index contributed by atoms with van der Waals surface area (Å²) >= 11 is 0. The van der Waals surface area contributed by atoms with E-state index in [0.717, 1.165) is 5.56 Å². The van der Waals surface area contributed by atoms with Crippen molar-refractivity contribution in [2.24, 2.45) is 4.99 Å². The fourth-order valence-corrected chi connectivity index (χ4v) is 2.81. The number of hydrogen-bond donors (Lipinski definition) is 3. The lowest BCUT2D eigenvalue weighted by Gasteiger charge is -2.15. The van der Waals surface area contributed by atoms with Gasteiger partial charge in [0, 0.05) is 44.4 Å². The minimum absolute atomic E-state index is 0. The normalized spacial score (nSPS) is 12.2. The highest BCUT2D eigenvalue weighted by Gasteiger charge is 2.20. The van der Waals surface area contributed by atoms with Gasteiger partial charge in [-0.2, -0.15) is 8.78 Å². The maximum Gasteiger partial charge on any atom is 0.387 e. The summed E-state index contributed by atoms with van der Waals surface area (Å²) < 4.78 is 40.6. The largest absolute Gasteiger partial charge is 0.454 e. The van der Waals surface area contributed by atoms with Crippen LogP contribution in [0.3, 0.4) is 0 Å². The van der Waals surface area contributed by atoms with Crippen LogP contribution in [0.25, 0.3) is 0 Å². The lowest BCUT2D eigenvalue weighted by Crippen LogP contribution is -2.36. The summed E-state index contributed by atoms with van der Waals surface area (Å²) in [6, 6.07) is 10.1. The number of carbonyl (C=O) groups is 1. The number of nitrogens with zero attached hydrogens (tertiary/aromatic N) is 1. The summed E-state index contributed by atoms with van der Waals surface area (Å²) in [4.78, 5) is 15.7. The summed E-state index contributed by atoms with van der Waals surface area (Å²) in [6.07, 6.45) is 0. The third-order valence-electron chi connectivity index (χ3n) is 4.34. The Morgan fingerprint density at radius 3 is 2.39 bits per heavy atom. The molecule has 1 aliphatic rings. The smallest absolute Gasteiger partial charge is 0.387 e. The molecule has 1 amide bonds. The quantitative estimate of drug-likeness (QED) is 0.280. The summed E-state index contributed by atoms with van der Waals surface area (Å²) in [7, 11) is 3.17. The molecule has 3 N–H and O–H groups in total. The molecule has 0 aliphatic carbocycles. The average Bonchev–Trinajstić information content (AvgIpc) is 3.20. The molecule has 2 aromatic rings. The highest BCUT2D eigenvalue weighted by atomic mass is 127. The van der Waals surface area contributed by atoms with Gasteiger partial charge in [-0.3, -0.25) is 9.79 Å². The molecule has 0 bridgehead atoms. The van der Waals surface area contributed by atoms with Crippen LogP contribution >= 0.6 is 24.0 Å². The predicted molar refractivity (Wildman–Crippen MR) is 121 cm³/mol. The molecule has 0 unspecified atom stereocenters. The number of ether oxygens (including phenoxy) is 3. The molecule has 0 fully saturated rings. The molecule has 1 aliphatic heterocycles. The molecule has 2 aromatic carbocycles. The van der Waals surface area contributed by atoms with Gasteiger partial charge in [0.05, 0.1) is 0 Å². The van der Waals surface area contributed by atoms with Crippen LogP contribution in [0.5, 0.6) is 17.2 Å². The third kappa shape index (κ3) is 6.57. The number of hydrogen-bond acceptors (Lipinski definition) is 5. The number of fused-ring (bicyclic) bond motifs is 1. The number of aliphatic imine (C=N–C) groups is 1. The molecule has 0 aromatic heterocycles. The molecule has 31 heavy (non-hydrogen) atoms. The summed E-state index contributed by atoms with van der Waals surface area (Å²) in [5, 5.41) is 8.74. The minimum atomic E-state index is -2.96. The van der Waals surface area contributed by atoms with Gasteiger partial charge < -0.3 is 30.2 Å². The SMILES string of the molecule is CN=C(NCc1ccc(C(=O)NC)cc1)NCc1cc2c(cc1OC(F)F)OCO2.I. The zero-order valence-corrected chi connectivity index (χ0v) is 19.2. The number of amides is 1. The van der Waals surface area contributed by atoms with Gasteiger partial charge in [-0.1, -0.05) is 12.1 Å². The van der Waals surface area contributed by atoms with Crippen molar-refractivity contribution in [3.8, 4) is 17.2 Å². The van der Waals surface area contributed by atoms with E-state index in [9.17, 15) is 13.6 Å². The Morgan fingerprint density at radius 1 is 1.13 bits per heavy atom. The van der Waals surface area contributed by atoms with E-state index >= 15 is 0 Å². The zero-order chi connectivity index (χ0) is 21.5. The van der Waals surface area contributed by atoms with Crippen molar-refractivity contribution in [1.82, 2.24) is 16.0 Å². The Morgan fingerprint density at radius 2 is 1.77 bits per heavy atom. The summed E-state index contributed by atoms with van der Waals surface area (Å²) in [5.41, 5.74) is 1.98. The van der Waals surface area contributed by atoms with E-state index in [1.165, 1.54) is 6.07 Å². The molecule has 0 spiro atoms. The van der Waals surface area contributed by atoms with E-state index in [0.29, 0.717) is 35.1 Å². The molecule has 0 saturated carbocycles. The molecule has 11 heteroatoms. The summed E-state index contributed by atoms with van der Waals surface area (Å²) in [5.74, 6) is 1.13. The highest BCUT2D eigenvalue weighted by Crippen LogP contribution is 2.38. The number of guanidine groups is 1. The highest BCUT2D eigenvalue weighted by molar-refractivity contribution is 14.0. The van der Waals surface area contributed by atoms with Crippen LogP contribution in [-0.2, 0) is 13.1 Å². The Bertz CT molecular complexity index is 926. The Balaban J connectivity index is 0.00000341. The first-order valence-corrected chi connectivity index (χ1v) is 9.13. The molecule has 8 nitrogen and oxygen atoms in total. The molecule has 0 saturated heterocycles. The second-order valence-electron chi connectivity index (χ2n) is 6.25. The molecule has 0 radical (unpaired) electrons. The van der Waals surface area contributed by atoms with Crippen LogP contribution in [0.15, 0.2) is 41.4 Å². The number of halogens is 3. The Kier molecular flexibility index (Phi) is 9.09. The van der Waals surface area contributed by atoms with Gasteiger partial charge in [0.2, 0.25) is 6.79 Å². The molecular weight excluding hydrogens is 525 g/mol. The van der Waals surface area contributed by atoms with Crippen molar-refractivity contribution in [2.75, 3.05) is 20.9 Å². The maximum absolute atomic E-state index is 12.8.